The molecule has 4 heterocycles. The van der Waals surface area contributed by atoms with E-state index in [9.17, 15) is 19.5 Å². The Balaban J connectivity index is 0.000000271. The molecule has 40 heavy (non-hydrogen) atoms. The smallest absolute Gasteiger partial charge is 0.323 e. The Hall–Kier alpha value is -3.26. The van der Waals surface area contributed by atoms with E-state index in [2.05, 4.69) is 10.3 Å². The summed E-state index contributed by atoms with van der Waals surface area (Å²) in [4.78, 5) is 42.1. The van der Waals surface area contributed by atoms with E-state index in [4.69, 9.17) is 0 Å². The molecule has 2 aliphatic carbocycles. The summed E-state index contributed by atoms with van der Waals surface area (Å²) in [5.41, 5.74) is 1.00. The minimum atomic E-state index is -1.15. The van der Waals surface area contributed by atoms with Crippen LogP contribution in [0, 0.1) is 11.8 Å². The second kappa shape index (κ2) is 11.7. The molecule has 2 saturated heterocycles. The number of pyridine rings is 1. The number of nitrogens with zero attached hydrogens (tertiary/aromatic N) is 3. The zero-order chi connectivity index (χ0) is 27.6. The summed E-state index contributed by atoms with van der Waals surface area (Å²) >= 11 is 0. The summed E-state index contributed by atoms with van der Waals surface area (Å²) in [6.07, 6.45) is 16.0. The maximum Gasteiger partial charge on any atom is 0.323 e. The third-order valence-electron chi connectivity index (χ3n) is 9.55. The molecule has 3 aromatic rings. The van der Waals surface area contributed by atoms with Gasteiger partial charge in [0, 0.05) is 24.2 Å². The molecule has 0 spiro atoms. The molecule has 4 bridgehead atoms. The van der Waals surface area contributed by atoms with Gasteiger partial charge in [-0.05, 0) is 62.1 Å². The Morgan fingerprint density at radius 3 is 2.15 bits per heavy atom. The molecule has 0 amide bonds. The molecule has 1 aromatic carbocycles. The monoisotopic (exact) mass is 544 g/mol. The fourth-order valence-corrected chi connectivity index (χ4v) is 7.78. The molecule has 4 fully saturated rings. The summed E-state index contributed by atoms with van der Waals surface area (Å²) in [6.45, 7) is -0.527. The van der Waals surface area contributed by atoms with Gasteiger partial charge in [0.1, 0.15) is 6.54 Å². The van der Waals surface area contributed by atoms with E-state index >= 15 is 0 Å². The van der Waals surface area contributed by atoms with Crippen LogP contribution in [0.5, 0.6) is 0 Å². The first-order chi connectivity index (χ1) is 19.5. The number of hydrogen-bond donors (Lipinski definition) is 2. The molecule has 2 N–H and O–H groups in total. The molecule has 2 aromatic heterocycles. The fraction of sp³-hybridized carbons (Fsp3) is 0.562. The summed E-state index contributed by atoms with van der Waals surface area (Å²) in [5, 5.41) is 12.9. The molecule has 2 aliphatic heterocycles. The molecule has 2 unspecified atom stereocenters. The van der Waals surface area contributed by atoms with E-state index in [1.165, 1.54) is 31.4 Å². The molecular weight excluding hydrogens is 504 g/mol. The highest BCUT2D eigenvalue weighted by Gasteiger charge is 2.34. The standard InChI is InChI=1S/C23H24N4O4.C9H16/c28-20-10-4-9-19(26(20)13-21(29)30)22-23(31)27(18-8-2-1-7-17(18)25-22)16-11-14-5-3-6-15(12-16)24-14;1-3-8-5-2-6-9(4-1)7-8/h1-2,4,7-10,14-16,24H,3,5-6,11-13H2,(H,29,30);8-9H,1-7H2. The van der Waals surface area contributed by atoms with Crippen LogP contribution in [-0.2, 0) is 11.3 Å². The largest absolute Gasteiger partial charge is 0.480 e. The lowest BCUT2D eigenvalue weighted by molar-refractivity contribution is -0.137. The van der Waals surface area contributed by atoms with E-state index in [0.29, 0.717) is 17.6 Å². The van der Waals surface area contributed by atoms with Gasteiger partial charge in [-0.25, -0.2) is 4.98 Å². The van der Waals surface area contributed by atoms with Crippen molar-refractivity contribution in [3.63, 3.8) is 0 Å². The van der Waals surface area contributed by atoms with Gasteiger partial charge in [-0.1, -0.05) is 63.1 Å². The third-order valence-corrected chi connectivity index (χ3v) is 9.55. The predicted octanol–water partition coefficient (Wildman–Crippen LogP) is 5.13. The Bertz CT molecular complexity index is 1460. The normalized spacial score (nSPS) is 27.4. The molecule has 7 rings (SSSR count). The highest BCUT2D eigenvalue weighted by molar-refractivity contribution is 5.78. The van der Waals surface area contributed by atoms with E-state index in [0.717, 1.165) is 47.6 Å². The van der Waals surface area contributed by atoms with Crippen molar-refractivity contribution >= 4 is 17.0 Å². The van der Waals surface area contributed by atoms with Gasteiger partial charge in [0.05, 0.1) is 16.7 Å². The highest BCUT2D eigenvalue weighted by Crippen LogP contribution is 2.39. The van der Waals surface area contributed by atoms with Crippen molar-refractivity contribution in [2.45, 2.75) is 102 Å². The van der Waals surface area contributed by atoms with Crippen LogP contribution in [-0.4, -0.2) is 37.3 Å². The predicted molar refractivity (Wildman–Crippen MR) is 155 cm³/mol. The Kier molecular flexibility index (Phi) is 7.87. The van der Waals surface area contributed by atoms with Crippen LogP contribution >= 0.6 is 0 Å². The average Bonchev–Trinajstić information content (AvgIpc) is 2.94. The second-order valence-electron chi connectivity index (χ2n) is 12.3. The molecule has 0 radical (unpaired) electrons. The van der Waals surface area contributed by atoms with Crippen molar-refractivity contribution in [2.24, 2.45) is 11.8 Å². The number of piperidine rings is 2. The number of para-hydroxylation sites is 2. The molecule has 8 nitrogen and oxygen atoms in total. The van der Waals surface area contributed by atoms with E-state index in [1.54, 1.807) is 38.2 Å². The van der Waals surface area contributed by atoms with Gasteiger partial charge in [-0.2, -0.15) is 0 Å². The lowest BCUT2D eigenvalue weighted by Crippen LogP contribution is -2.50. The van der Waals surface area contributed by atoms with Crippen molar-refractivity contribution in [1.82, 2.24) is 19.4 Å². The molecule has 2 saturated carbocycles. The highest BCUT2D eigenvalue weighted by atomic mass is 16.4. The summed E-state index contributed by atoms with van der Waals surface area (Å²) in [7, 11) is 0. The van der Waals surface area contributed by atoms with E-state index in [1.807, 2.05) is 28.8 Å². The third kappa shape index (κ3) is 5.64. The van der Waals surface area contributed by atoms with Gasteiger partial charge in [-0.15, -0.1) is 0 Å². The van der Waals surface area contributed by atoms with Crippen LogP contribution in [0.15, 0.2) is 52.1 Å². The zero-order valence-corrected chi connectivity index (χ0v) is 23.1. The number of carboxylic acids is 1. The van der Waals surface area contributed by atoms with Crippen molar-refractivity contribution in [2.75, 3.05) is 0 Å². The fourth-order valence-electron chi connectivity index (χ4n) is 7.78. The summed E-state index contributed by atoms with van der Waals surface area (Å²) in [5.74, 6) is 1.15. The van der Waals surface area contributed by atoms with Gasteiger partial charge in [0.25, 0.3) is 11.1 Å². The number of carbonyl (C=O) groups is 1. The number of fused-ring (bicyclic) bond motifs is 5. The van der Waals surface area contributed by atoms with Crippen molar-refractivity contribution in [1.29, 1.82) is 0 Å². The van der Waals surface area contributed by atoms with Gasteiger partial charge in [-0.3, -0.25) is 19.0 Å². The van der Waals surface area contributed by atoms with Crippen molar-refractivity contribution in [3.05, 3.63) is 63.2 Å². The number of hydrogen-bond acceptors (Lipinski definition) is 5. The zero-order valence-electron chi connectivity index (χ0n) is 23.1. The maximum atomic E-state index is 13.8. The van der Waals surface area contributed by atoms with Crippen LogP contribution in [0.4, 0.5) is 0 Å². The topological polar surface area (TPSA) is 106 Å². The Morgan fingerprint density at radius 1 is 0.850 bits per heavy atom. The second-order valence-corrected chi connectivity index (χ2v) is 12.3. The van der Waals surface area contributed by atoms with Gasteiger partial charge in [0.2, 0.25) is 0 Å². The minimum Gasteiger partial charge on any atom is -0.480 e. The molecular formula is C32H40N4O4. The van der Waals surface area contributed by atoms with E-state index < -0.39 is 18.1 Å². The van der Waals surface area contributed by atoms with Crippen molar-refractivity contribution in [3.8, 4) is 11.4 Å². The molecule has 2 atom stereocenters. The number of carboxylic acid groups (broad SMARTS) is 1. The first-order valence-corrected chi connectivity index (χ1v) is 15.2. The van der Waals surface area contributed by atoms with E-state index in [-0.39, 0.29) is 23.0 Å². The quantitative estimate of drug-likeness (QED) is 0.472. The molecule has 4 aliphatic rings. The number of aromatic nitrogens is 3. The van der Waals surface area contributed by atoms with Crippen molar-refractivity contribution < 1.29 is 9.90 Å². The average molecular weight is 545 g/mol. The number of aliphatic carboxylic acids is 1. The first kappa shape index (κ1) is 26.9. The number of benzene rings is 1. The first-order valence-electron chi connectivity index (χ1n) is 15.2. The molecule has 8 heteroatoms. The van der Waals surface area contributed by atoms with Gasteiger partial charge < -0.3 is 15.0 Å². The summed E-state index contributed by atoms with van der Waals surface area (Å²) in [6, 6.07) is 12.7. The van der Waals surface area contributed by atoms with Crippen LogP contribution < -0.4 is 16.4 Å². The lowest BCUT2D eigenvalue weighted by atomic mass is 9.72. The van der Waals surface area contributed by atoms with Crippen LogP contribution in [0.1, 0.15) is 83.1 Å². The number of rotatable bonds is 4. The van der Waals surface area contributed by atoms with Crippen LogP contribution in [0.2, 0.25) is 0 Å². The Morgan fingerprint density at radius 2 is 1.50 bits per heavy atom. The summed E-state index contributed by atoms with van der Waals surface area (Å²) < 4.78 is 2.93. The van der Waals surface area contributed by atoms with Gasteiger partial charge >= 0.3 is 5.97 Å². The maximum absolute atomic E-state index is 13.8. The van der Waals surface area contributed by atoms with Crippen LogP contribution in [0.3, 0.4) is 0 Å². The Labute approximate surface area is 234 Å². The lowest BCUT2D eigenvalue weighted by Gasteiger charge is -2.41. The minimum absolute atomic E-state index is 0.0269. The SMILES string of the molecule is C1CC2CCCC(C1)C2.O=C(O)Cn1c(-c2nc3ccccc3n(C3CC4CCCC(C3)N4)c2=O)cccc1=O. The van der Waals surface area contributed by atoms with Gasteiger partial charge in [0.15, 0.2) is 5.69 Å². The molecule has 212 valence electrons. The number of nitrogens with one attached hydrogen (secondary N) is 1. The van der Waals surface area contributed by atoms with Crippen LogP contribution in [0.25, 0.3) is 22.4 Å².